The van der Waals surface area contributed by atoms with Crippen LogP contribution in [0.4, 0.5) is 17.6 Å². The molecular formula is C24H23F4N3O2. The van der Waals surface area contributed by atoms with E-state index < -0.39 is 23.5 Å². The van der Waals surface area contributed by atoms with Gasteiger partial charge < -0.3 is 14.2 Å². The number of hydrogen-bond donors (Lipinski definition) is 0. The SMILES string of the molecule is O=C(c1ccccc1F)N(Cc1nccn1Cc1cccc(C(F)(F)F)c1)CC1CCCO1. The number of aromatic nitrogens is 2. The molecule has 9 heteroatoms. The molecule has 1 saturated heterocycles. The maximum Gasteiger partial charge on any atom is 0.416 e. The van der Waals surface area contributed by atoms with E-state index in [1.165, 1.54) is 35.4 Å². The first-order valence-corrected chi connectivity index (χ1v) is 10.6. The zero-order valence-electron chi connectivity index (χ0n) is 17.8. The normalized spacial score (nSPS) is 16.2. The molecule has 1 aromatic heterocycles. The predicted octanol–water partition coefficient (Wildman–Crippen LogP) is 4.91. The first-order valence-electron chi connectivity index (χ1n) is 10.6. The summed E-state index contributed by atoms with van der Waals surface area (Å²) in [5.74, 6) is -0.625. The van der Waals surface area contributed by atoms with E-state index in [2.05, 4.69) is 4.98 Å². The lowest BCUT2D eigenvalue weighted by atomic mass is 10.1. The molecule has 1 unspecified atom stereocenters. The van der Waals surface area contributed by atoms with Crippen LogP contribution in [0.25, 0.3) is 0 Å². The van der Waals surface area contributed by atoms with Crippen LogP contribution in [0.1, 0.15) is 40.2 Å². The summed E-state index contributed by atoms with van der Waals surface area (Å²) < 4.78 is 60.9. The van der Waals surface area contributed by atoms with E-state index in [1.54, 1.807) is 22.9 Å². The van der Waals surface area contributed by atoms with E-state index in [1.807, 2.05) is 0 Å². The highest BCUT2D eigenvalue weighted by Crippen LogP contribution is 2.29. The molecular weight excluding hydrogens is 438 g/mol. The van der Waals surface area contributed by atoms with Gasteiger partial charge in [0.2, 0.25) is 0 Å². The zero-order valence-corrected chi connectivity index (χ0v) is 17.8. The topological polar surface area (TPSA) is 47.4 Å². The van der Waals surface area contributed by atoms with Crippen LogP contribution in [0.3, 0.4) is 0 Å². The Balaban J connectivity index is 1.57. The molecule has 0 N–H and O–H groups in total. The van der Waals surface area contributed by atoms with Gasteiger partial charge in [0.15, 0.2) is 0 Å². The van der Waals surface area contributed by atoms with Crippen molar-refractivity contribution in [2.24, 2.45) is 0 Å². The Labute approximate surface area is 188 Å². The maximum atomic E-state index is 14.3. The number of ether oxygens (including phenoxy) is 1. The Morgan fingerprint density at radius 3 is 2.73 bits per heavy atom. The fourth-order valence-electron chi connectivity index (χ4n) is 3.91. The number of amides is 1. The largest absolute Gasteiger partial charge is 0.416 e. The van der Waals surface area contributed by atoms with Crippen LogP contribution in [0.5, 0.6) is 0 Å². The molecule has 174 valence electrons. The molecule has 5 nitrogen and oxygen atoms in total. The van der Waals surface area contributed by atoms with Gasteiger partial charge in [-0.05, 0) is 42.7 Å². The van der Waals surface area contributed by atoms with Crippen LogP contribution in [0.15, 0.2) is 60.9 Å². The fraction of sp³-hybridized carbons (Fsp3) is 0.333. The van der Waals surface area contributed by atoms with Crippen LogP contribution in [0.2, 0.25) is 0 Å². The van der Waals surface area contributed by atoms with Crippen molar-refractivity contribution < 1.29 is 27.1 Å². The number of benzene rings is 2. The summed E-state index contributed by atoms with van der Waals surface area (Å²) in [5.41, 5.74) is -0.321. The van der Waals surface area contributed by atoms with E-state index in [-0.39, 0.29) is 31.3 Å². The summed E-state index contributed by atoms with van der Waals surface area (Å²) >= 11 is 0. The second-order valence-corrected chi connectivity index (χ2v) is 7.97. The van der Waals surface area contributed by atoms with Gasteiger partial charge in [-0.2, -0.15) is 13.2 Å². The minimum absolute atomic E-state index is 0.0496. The number of carbonyl (C=O) groups excluding carboxylic acids is 1. The van der Waals surface area contributed by atoms with Gasteiger partial charge in [0.1, 0.15) is 11.6 Å². The highest BCUT2D eigenvalue weighted by molar-refractivity contribution is 5.94. The summed E-state index contributed by atoms with van der Waals surface area (Å²) in [6.45, 7) is 1.10. The Hall–Kier alpha value is -3.20. The van der Waals surface area contributed by atoms with Gasteiger partial charge in [0.25, 0.3) is 5.91 Å². The van der Waals surface area contributed by atoms with Crippen molar-refractivity contribution in [1.82, 2.24) is 14.5 Å². The number of rotatable bonds is 7. The molecule has 1 aliphatic heterocycles. The molecule has 1 aliphatic rings. The number of halogens is 4. The standard InChI is InChI=1S/C24H23F4N3O2/c25-21-9-2-1-8-20(21)23(32)31(15-19-7-4-12-33-19)16-22-29-10-11-30(22)14-17-5-3-6-18(13-17)24(26,27)28/h1-3,5-6,8-11,13,19H,4,7,12,14-16H2. The minimum atomic E-state index is -4.43. The second-order valence-electron chi connectivity index (χ2n) is 7.97. The molecule has 0 bridgehead atoms. The van der Waals surface area contributed by atoms with Gasteiger partial charge >= 0.3 is 6.18 Å². The number of nitrogens with zero attached hydrogens (tertiary/aromatic N) is 3. The highest BCUT2D eigenvalue weighted by Gasteiger charge is 2.30. The summed E-state index contributed by atoms with van der Waals surface area (Å²) in [6.07, 6.45) is 0.260. The third-order valence-electron chi connectivity index (χ3n) is 5.58. The quantitative estimate of drug-likeness (QED) is 0.470. The van der Waals surface area contributed by atoms with Crippen molar-refractivity contribution >= 4 is 5.91 Å². The Bertz CT molecular complexity index is 1110. The number of alkyl halides is 3. The van der Waals surface area contributed by atoms with E-state index in [4.69, 9.17) is 4.74 Å². The van der Waals surface area contributed by atoms with Crippen molar-refractivity contribution in [2.75, 3.05) is 13.2 Å². The maximum absolute atomic E-state index is 14.3. The molecule has 1 atom stereocenters. The van der Waals surface area contributed by atoms with Crippen LogP contribution in [-0.2, 0) is 24.0 Å². The average molecular weight is 461 g/mol. The molecule has 0 aliphatic carbocycles. The average Bonchev–Trinajstić information content (AvgIpc) is 3.45. The summed E-state index contributed by atoms with van der Waals surface area (Å²) in [5, 5.41) is 0. The number of imidazole rings is 1. The Kier molecular flexibility index (Phi) is 6.78. The third-order valence-corrected chi connectivity index (χ3v) is 5.58. The first-order chi connectivity index (χ1) is 15.8. The number of carbonyl (C=O) groups is 1. The smallest absolute Gasteiger partial charge is 0.376 e. The van der Waals surface area contributed by atoms with Gasteiger partial charge in [-0.25, -0.2) is 9.37 Å². The van der Waals surface area contributed by atoms with Crippen molar-refractivity contribution in [3.63, 3.8) is 0 Å². The van der Waals surface area contributed by atoms with Gasteiger partial charge in [0, 0.05) is 32.1 Å². The molecule has 0 spiro atoms. The van der Waals surface area contributed by atoms with Crippen LogP contribution < -0.4 is 0 Å². The van der Waals surface area contributed by atoms with E-state index in [0.29, 0.717) is 18.0 Å². The highest BCUT2D eigenvalue weighted by atomic mass is 19.4. The van der Waals surface area contributed by atoms with Crippen molar-refractivity contribution in [3.8, 4) is 0 Å². The van der Waals surface area contributed by atoms with Crippen molar-refractivity contribution in [2.45, 2.75) is 38.2 Å². The Morgan fingerprint density at radius 2 is 2.00 bits per heavy atom. The molecule has 2 aromatic carbocycles. The molecule has 4 rings (SSSR count). The Morgan fingerprint density at radius 1 is 1.18 bits per heavy atom. The summed E-state index contributed by atoms with van der Waals surface area (Å²) in [6, 6.07) is 10.8. The van der Waals surface area contributed by atoms with Gasteiger partial charge in [0.05, 0.1) is 23.8 Å². The lowest BCUT2D eigenvalue weighted by Crippen LogP contribution is -2.38. The lowest BCUT2D eigenvalue weighted by Gasteiger charge is -2.26. The monoisotopic (exact) mass is 461 g/mol. The number of hydrogen-bond acceptors (Lipinski definition) is 3. The van der Waals surface area contributed by atoms with E-state index in [9.17, 15) is 22.4 Å². The van der Waals surface area contributed by atoms with Crippen LogP contribution >= 0.6 is 0 Å². The predicted molar refractivity (Wildman–Crippen MR) is 113 cm³/mol. The van der Waals surface area contributed by atoms with Gasteiger partial charge in [-0.15, -0.1) is 0 Å². The molecule has 0 saturated carbocycles. The molecule has 0 radical (unpaired) electrons. The zero-order chi connectivity index (χ0) is 23.4. The summed E-state index contributed by atoms with van der Waals surface area (Å²) in [7, 11) is 0. The van der Waals surface area contributed by atoms with Crippen molar-refractivity contribution in [3.05, 3.63) is 89.3 Å². The van der Waals surface area contributed by atoms with Gasteiger partial charge in [-0.1, -0.05) is 24.3 Å². The molecule has 1 fully saturated rings. The van der Waals surface area contributed by atoms with Crippen LogP contribution in [-0.4, -0.2) is 39.6 Å². The minimum Gasteiger partial charge on any atom is -0.376 e. The third kappa shape index (κ3) is 5.60. The fourth-order valence-corrected chi connectivity index (χ4v) is 3.91. The summed E-state index contributed by atoms with van der Waals surface area (Å²) in [4.78, 5) is 19.0. The molecule has 2 heterocycles. The first kappa shape index (κ1) is 23.0. The molecule has 33 heavy (non-hydrogen) atoms. The van der Waals surface area contributed by atoms with Crippen molar-refractivity contribution in [1.29, 1.82) is 0 Å². The van der Waals surface area contributed by atoms with E-state index >= 15 is 0 Å². The second kappa shape index (κ2) is 9.74. The van der Waals surface area contributed by atoms with Gasteiger partial charge in [-0.3, -0.25) is 4.79 Å². The van der Waals surface area contributed by atoms with Crippen LogP contribution in [0, 0.1) is 5.82 Å². The molecule has 1 amide bonds. The molecule has 3 aromatic rings. The van der Waals surface area contributed by atoms with E-state index in [0.717, 1.165) is 25.0 Å². The lowest BCUT2D eigenvalue weighted by molar-refractivity contribution is -0.137.